The Morgan fingerprint density at radius 1 is 0.553 bits per heavy atom. The summed E-state index contributed by atoms with van der Waals surface area (Å²) in [7, 11) is 0. The van der Waals surface area contributed by atoms with Crippen LogP contribution in [0.15, 0.2) is 127 Å². The van der Waals surface area contributed by atoms with Gasteiger partial charge in [0.1, 0.15) is 0 Å². The predicted octanol–water partition coefficient (Wildman–Crippen LogP) is 9.03. The summed E-state index contributed by atoms with van der Waals surface area (Å²) in [6.07, 6.45) is 4.97. The number of benzene rings is 5. The van der Waals surface area contributed by atoms with E-state index in [0.29, 0.717) is 7.25 Å². The van der Waals surface area contributed by atoms with E-state index in [9.17, 15) is 0 Å². The van der Waals surface area contributed by atoms with Crippen LogP contribution < -0.4 is 0 Å². The van der Waals surface area contributed by atoms with Crippen LogP contribution in [-0.4, -0.2) is 3.21 Å². The van der Waals surface area contributed by atoms with Gasteiger partial charge in [-0.15, -0.1) is 0 Å². The zero-order valence-corrected chi connectivity index (χ0v) is 24.3. The van der Waals surface area contributed by atoms with E-state index in [4.69, 9.17) is 0 Å². The molecule has 5 aromatic carbocycles. The first-order valence-electron chi connectivity index (χ1n) is 13.5. The molecule has 5 aromatic rings. The third kappa shape index (κ3) is 3.88. The van der Waals surface area contributed by atoms with Gasteiger partial charge in [-0.25, -0.2) is 0 Å². The monoisotopic (exact) mass is 564 g/mol. The predicted molar refractivity (Wildman–Crippen MR) is 158 cm³/mol. The average Bonchev–Trinajstić information content (AvgIpc) is 3.51. The molecular weight excluding hydrogens is 536 g/mol. The number of allylic oxidation sites excluding steroid dienone is 1. The summed E-state index contributed by atoms with van der Waals surface area (Å²) >= 11 is -2.68. The van der Waals surface area contributed by atoms with Gasteiger partial charge in [-0.1, -0.05) is 0 Å². The van der Waals surface area contributed by atoms with E-state index in [1.807, 2.05) is 0 Å². The van der Waals surface area contributed by atoms with Crippen molar-refractivity contribution in [3.05, 3.63) is 172 Å². The van der Waals surface area contributed by atoms with Gasteiger partial charge in [0.25, 0.3) is 0 Å². The van der Waals surface area contributed by atoms with Crippen LogP contribution in [0, 0.1) is 13.8 Å². The Morgan fingerprint density at radius 3 is 1.63 bits per heavy atom. The van der Waals surface area contributed by atoms with Gasteiger partial charge in [0.15, 0.2) is 0 Å². The zero-order chi connectivity index (χ0) is 25.6. The van der Waals surface area contributed by atoms with Crippen molar-refractivity contribution in [1.82, 2.24) is 0 Å². The van der Waals surface area contributed by atoms with E-state index in [1.165, 1.54) is 55.6 Å². The quantitative estimate of drug-likeness (QED) is 0.204. The second-order valence-electron chi connectivity index (χ2n) is 10.6. The number of aryl methyl sites for hydroxylation is 2. The summed E-state index contributed by atoms with van der Waals surface area (Å²) in [5, 5.41) is 0. The molecule has 0 bridgehead atoms. The number of fused-ring (bicyclic) bond motifs is 4. The van der Waals surface area contributed by atoms with Gasteiger partial charge in [0.05, 0.1) is 0 Å². The van der Waals surface area contributed by atoms with Crippen molar-refractivity contribution >= 4 is 9.28 Å². The fourth-order valence-electron chi connectivity index (χ4n) is 6.53. The first-order valence-corrected chi connectivity index (χ1v) is 17.6. The molecule has 1 unspecified atom stereocenters. The molecule has 1 heteroatoms. The third-order valence-corrected chi connectivity index (χ3v) is 17.2. The molecule has 0 heterocycles. The van der Waals surface area contributed by atoms with Crippen molar-refractivity contribution in [3.8, 4) is 11.1 Å². The molecule has 1 atom stereocenters. The van der Waals surface area contributed by atoms with Crippen LogP contribution >= 0.6 is 0 Å². The van der Waals surface area contributed by atoms with Crippen LogP contribution in [0.3, 0.4) is 0 Å². The van der Waals surface area contributed by atoms with E-state index in [2.05, 4.69) is 147 Å². The molecule has 2 aliphatic rings. The molecule has 0 radical (unpaired) electrons. The van der Waals surface area contributed by atoms with Crippen LogP contribution in [0.1, 0.15) is 51.8 Å². The SMILES string of the molecule is Cc1cc2c(cc1C)[CH]([Zr](=[C](c1ccccc1)c1ccccc1)[CH]1c3ccccc3-c3ccccc31)C=C2. The Morgan fingerprint density at radius 2 is 1.05 bits per heavy atom. The molecule has 7 rings (SSSR count). The summed E-state index contributed by atoms with van der Waals surface area (Å²) in [5.74, 6) is 0. The van der Waals surface area contributed by atoms with Crippen molar-refractivity contribution in [2.24, 2.45) is 0 Å². The Labute approximate surface area is 233 Å². The topological polar surface area (TPSA) is 0 Å². The molecule has 2 aliphatic carbocycles. The minimum absolute atomic E-state index is 0.447. The summed E-state index contributed by atoms with van der Waals surface area (Å²) < 4.78 is 2.53. The molecule has 0 saturated carbocycles. The van der Waals surface area contributed by atoms with Crippen molar-refractivity contribution in [3.63, 3.8) is 0 Å². The van der Waals surface area contributed by atoms with Crippen LogP contribution in [0.5, 0.6) is 0 Å². The molecule has 0 N–H and O–H groups in total. The summed E-state index contributed by atoms with van der Waals surface area (Å²) in [4.78, 5) is 0. The molecule has 0 aliphatic heterocycles. The standard InChI is InChI=1S/C13H9.C13H10.C11H11.Zr/c1-3-7-12-10(5-1)9-11-6-2-4-8-13(11)12;1-3-7-12(8-4-1)11-13-9-5-2-6-10-13;1-8-6-10-4-3-5-11(10)7-9(8)2;/h1-9H;1-10H;3-7H,1-2H3;. The van der Waals surface area contributed by atoms with Crippen molar-refractivity contribution in [2.45, 2.75) is 21.1 Å². The zero-order valence-electron chi connectivity index (χ0n) is 21.9. The van der Waals surface area contributed by atoms with Gasteiger partial charge in [-0.2, -0.15) is 0 Å². The van der Waals surface area contributed by atoms with Gasteiger partial charge in [0.2, 0.25) is 0 Å². The van der Waals surface area contributed by atoms with Crippen LogP contribution in [-0.2, 0) is 21.3 Å². The number of rotatable bonds is 4. The second kappa shape index (κ2) is 9.72. The Balaban J connectivity index is 1.60. The van der Waals surface area contributed by atoms with Crippen LogP contribution in [0.25, 0.3) is 17.2 Å². The van der Waals surface area contributed by atoms with E-state index in [-0.39, 0.29) is 0 Å². The second-order valence-corrected chi connectivity index (χ2v) is 17.0. The fourth-order valence-corrected chi connectivity index (χ4v) is 16.4. The maximum atomic E-state index is 2.56. The van der Waals surface area contributed by atoms with E-state index in [0.717, 1.165) is 0 Å². The molecule has 182 valence electrons. The summed E-state index contributed by atoms with van der Waals surface area (Å²) in [6.45, 7) is 4.51. The van der Waals surface area contributed by atoms with E-state index in [1.54, 1.807) is 3.21 Å². The summed E-state index contributed by atoms with van der Waals surface area (Å²) in [5.41, 5.74) is 14.4. The molecule has 0 spiro atoms. The molecule has 38 heavy (non-hydrogen) atoms. The van der Waals surface area contributed by atoms with Gasteiger partial charge in [-0.3, -0.25) is 0 Å². The van der Waals surface area contributed by atoms with E-state index >= 15 is 0 Å². The molecule has 0 saturated heterocycles. The van der Waals surface area contributed by atoms with Crippen molar-refractivity contribution < 1.29 is 21.3 Å². The van der Waals surface area contributed by atoms with Gasteiger partial charge in [-0.05, 0) is 0 Å². The Bertz CT molecular complexity index is 1640. The van der Waals surface area contributed by atoms with Gasteiger partial charge in [0, 0.05) is 0 Å². The number of hydrogen-bond donors (Lipinski definition) is 0. The van der Waals surface area contributed by atoms with Crippen molar-refractivity contribution in [1.29, 1.82) is 0 Å². The van der Waals surface area contributed by atoms with Crippen LogP contribution in [0.4, 0.5) is 0 Å². The fraction of sp³-hybridized carbons (Fsp3) is 0.108. The average molecular weight is 566 g/mol. The van der Waals surface area contributed by atoms with Crippen LogP contribution in [0.2, 0.25) is 0 Å². The Kier molecular flexibility index (Phi) is 6.06. The minimum atomic E-state index is -2.68. The summed E-state index contributed by atoms with van der Waals surface area (Å²) in [6, 6.07) is 45.8. The first-order chi connectivity index (χ1) is 18.7. The first kappa shape index (κ1) is 23.7. The normalized spacial score (nSPS) is 15.2. The third-order valence-electron chi connectivity index (χ3n) is 8.40. The number of hydrogen-bond acceptors (Lipinski definition) is 0. The molecular formula is C37H30Zr. The van der Waals surface area contributed by atoms with Gasteiger partial charge >= 0.3 is 235 Å². The molecule has 0 nitrogen and oxygen atoms in total. The molecule has 0 fully saturated rings. The Hall–Kier alpha value is -3.41. The van der Waals surface area contributed by atoms with Crippen molar-refractivity contribution in [2.75, 3.05) is 0 Å². The maximum absolute atomic E-state index is 2.68. The molecule has 0 amide bonds. The van der Waals surface area contributed by atoms with Gasteiger partial charge < -0.3 is 0 Å². The van der Waals surface area contributed by atoms with E-state index < -0.39 is 21.3 Å². The molecule has 0 aromatic heterocycles.